The first-order valence-corrected chi connectivity index (χ1v) is 8.32. The molecule has 0 aromatic carbocycles. The molecule has 3 amide bonds. The molecule has 11 heteroatoms. The van der Waals surface area contributed by atoms with Gasteiger partial charge < -0.3 is 5.32 Å². The third kappa shape index (κ3) is 3.81. The number of hydrogen-bond acceptors (Lipinski definition) is 5. The molecule has 2 N–H and O–H groups in total. The van der Waals surface area contributed by atoms with E-state index in [0.717, 1.165) is 4.57 Å². The van der Waals surface area contributed by atoms with Crippen LogP contribution in [0.1, 0.15) is 13.8 Å². The van der Waals surface area contributed by atoms with E-state index in [0.29, 0.717) is 6.54 Å². The number of rotatable bonds is 4. The molecule has 0 unspecified atom stereocenters. The average Bonchev–Trinajstić information content (AvgIpc) is 2.85. The van der Waals surface area contributed by atoms with Crippen molar-refractivity contribution in [3.63, 3.8) is 0 Å². The van der Waals surface area contributed by atoms with Crippen LogP contribution in [0.15, 0.2) is 14.3 Å². The zero-order valence-electron chi connectivity index (χ0n) is 14.3. The van der Waals surface area contributed by atoms with Crippen molar-refractivity contribution in [2.24, 2.45) is 20.0 Å². The summed E-state index contributed by atoms with van der Waals surface area (Å²) in [6, 6.07) is -0.607. The molecule has 0 aliphatic carbocycles. The quantitative estimate of drug-likeness (QED) is 0.664. The largest absolute Gasteiger partial charge is 0.338 e. The van der Waals surface area contributed by atoms with Gasteiger partial charge in [-0.1, -0.05) is 13.8 Å². The third-order valence-electron chi connectivity index (χ3n) is 3.52. The van der Waals surface area contributed by atoms with E-state index in [1.165, 1.54) is 23.2 Å². The Bertz CT molecular complexity index is 955. The Morgan fingerprint density at radius 3 is 2.44 bits per heavy atom. The van der Waals surface area contributed by atoms with Crippen molar-refractivity contribution in [3.05, 3.63) is 25.6 Å². The standard InChI is InChI=1S/C14H19BrN6O4/c1-7(2)5-16-13(24)17-8(22)6-21-10-9(18-12(21)15)11(23)20(4)14(25)19(10)3/h7H,5-6H2,1-4H3,(H2,16,17,22,24). The van der Waals surface area contributed by atoms with E-state index in [4.69, 9.17) is 0 Å². The Kier molecular flexibility index (Phi) is 5.45. The maximum Gasteiger partial charge on any atom is 0.332 e. The second-order valence-corrected chi connectivity index (χ2v) is 6.71. The van der Waals surface area contributed by atoms with Crippen molar-refractivity contribution in [2.75, 3.05) is 6.54 Å². The molecular weight excluding hydrogens is 396 g/mol. The predicted molar refractivity (Wildman–Crippen MR) is 94.3 cm³/mol. The number of urea groups is 1. The molecule has 136 valence electrons. The molecule has 0 aliphatic heterocycles. The third-order valence-corrected chi connectivity index (χ3v) is 4.12. The monoisotopic (exact) mass is 414 g/mol. The van der Waals surface area contributed by atoms with Crippen LogP contribution in [0, 0.1) is 5.92 Å². The minimum atomic E-state index is -0.607. The number of carbonyl (C=O) groups excluding carboxylic acids is 2. The lowest BCUT2D eigenvalue weighted by atomic mass is 10.2. The zero-order chi connectivity index (χ0) is 18.9. The molecule has 2 rings (SSSR count). The lowest BCUT2D eigenvalue weighted by Gasteiger charge is -2.11. The summed E-state index contributed by atoms with van der Waals surface area (Å²) in [5.41, 5.74) is -0.861. The van der Waals surface area contributed by atoms with Gasteiger partial charge in [-0.2, -0.15) is 0 Å². The maximum absolute atomic E-state index is 12.2. The number of aryl methyl sites for hydroxylation is 1. The van der Waals surface area contributed by atoms with Gasteiger partial charge in [-0.05, 0) is 21.8 Å². The molecule has 25 heavy (non-hydrogen) atoms. The summed E-state index contributed by atoms with van der Waals surface area (Å²) >= 11 is 3.18. The van der Waals surface area contributed by atoms with Gasteiger partial charge in [-0.25, -0.2) is 14.6 Å². The second kappa shape index (κ2) is 7.21. The van der Waals surface area contributed by atoms with Gasteiger partial charge in [-0.3, -0.25) is 28.6 Å². The summed E-state index contributed by atoms with van der Waals surface area (Å²) in [6.07, 6.45) is 0. The fourth-order valence-corrected chi connectivity index (χ4v) is 2.72. The van der Waals surface area contributed by atoms with Crippen molar-refractivity contribution in [2.45, 2.75) is 20.4 Å². The molecular formula is C14H19BrN6O4. The van der Waals surface area contributed by atoms with Crippen LogP contribution in [0.5, 0.6) is 0 Å². The number of imide groups is 1. The van der Waals surface area contributed by atoms with Gasteiger partial charge in [0.25, 0.3) is 5.56 Å². The average molecular weight is 415 g/mol. The molecule has 2 aromatic heterocycles. The highest BCUT2D eigenvalue weighted by atomic mass is 79.9. The molecule has 2 heterocycles. The van der Waals surface area contributed by atoms with Crippen molar-refractivity contribution in [1.29, 1.82) is 0 Å². The molecule has 10 nitrogen and oxygen atoms in total. The van der Waals surface area contributed by atoms with Gasteiger partial charge in [0.2, 0.25) is 5.91 Å². The summed E-state index contributed by atoms with van der Waals surface area (Å²) in [6.45, 7) is 4.00. The molecule has 0 radical (unpaired) electrons. The van der Waals surface area contributed by atoms with E-state index in [9.17, 15) is 19.2 Å². The fraction of sp³-hybridized carbons (Fsp3) is 0.500. The van der Waals surface area contributed by atoms with E-state index in [-0.39, 0.29) is 28.4 Å². The van der Waals surface area contributed by atoms with Crippen LogP contribution in [0.2, 0.25) is 0 Å². The van der Waals surface area contributed by atoms with Crippen molar-refractivity contribution in [1.82, 2.24) is 29.3 Å². The van der Waals surface area contributed by atoms with Crippen LogP contribution in [0.4, 0.5) is 4.79 Å². The number of nitrogens with one attached hydrogen (secondary N) is 2. The number of carbonyl (C=O) groups is 2. The van der Waals surface area contributed by atoms with E-state index >= 15 is 0 Å². The minimum absolute atomic E-state index is 0.0496. The summed E-state index contributed by atoms with van der Waals surface area (Å²) in [7, 11) is 2.82. The number of fused-ring (bicyclic) bond motifs is 1. The van der Waals surface area contributed by atoms with Crippen LogP contribution in [0.25, 0.3) is 11.2 Å². The van der Waals surface area contributed by atoms with E-state index < -0.39 is 23.2 Å². The van der Waals surface area contributed by atoms with Gasteiger partial charge in [-0.15, -0.1) is 0 Å². The Hall–Kier alpha value is -2.43. The number of halogens is 1. The van der Waals surface area contributed by atoms with Gasteiger partial charge in [0.1, 0.15) is 6.54 Å². The van der Waals surface area contributed by atoms with E-state index in [2.05, 4.69) is 31.5 Å². The fourth-order valence-electron chi connectivity index (χ4n) is 2.25. The minimum Gasteiger partial charge on any atom is -0.338 e. The number of hydrogen-bond donors (Lipinski definition) is 2. The van der Waals surface area contributed by atoms with Gasteiger partial charge in [0.05, 0.1) is 0 Å². The first kappa shape index (κ1) is 18.9. The molecule has 0 fully saturated rings. The highest BCUT2D eigenvalue weighted by Gasteiger charge is 2.20. The lowest BCUT2D eigenvalue weighted by molar-refractivity contribution is -0.120. The second-order valence-electron chi connectivity index (χ2n) is 6.00. The molecule has 0 aliphatic rings. The van der Waals surface area contributed by atoms with Gasteiger partial charge in [0.15, 0.2) is 15.9 Å². The number of amides is 3. The van der Waals surface area contributed by atoms with E-state index in [1.54, 1.807) is 0 Å². The lowest BCUT2D eigenvalue weighted by Crippen LogP contribution is -2.42. The van der Waals surface area contributed by atoms with Gasteiger partial charge >= 0.3 is 11.7 Å². The molecule has 0 atom stereocenters. The van der Waals surface area contributed by atoms with Crippen molar-refractivity contribution >= 4 is 39.0 Å². The smallest absolute Gasteiger partial charge is 0.332 e. The van der Waals surface area contributed by atoms with Crippen LogP contribution in [-0.2, 0) is 25.4 Å². The SMILES string of the molecule is CC(C)CNC(=O)NC(=O)Cn1c(Br)nc2c(=O)n(C)c(=O)n(C)c21. The highest BCUT2D eigenvalue weighted by Crippen LogP contribution is 2.16. The molecule has 0 saturated carbocycles. The Balaban J connectivity index is 2.32. The van der Waals surface area contributed by atoms with E-state index in [1.807, 2.05) is 13.8 Å². The van der Waals surface area contributed by atoms with Crippen LogP contribution < -0.4 is 21.9 Å². The Morgan fingerprint density at radius 2 is 1.84 bits per heavy atom. The molecule has 0 spiro atoms. The topological polar surface area (TPSA) is 120 Å². The predicted octanol–water partition coefficient (Wildman–Crippen LogP) is -0.322. The number of imidazole rings is 1. The molecule has 0 saturated heterocycles. The molecule has 0 bridgehead atoms. The highest BCUT2D eigenvalue weighted by molar-refractivity contribution is 9.10. The normalized spacial score (nSPS) is 11.1. The number of aromatic nitrogens is 4. The maximum atomic E-state index is 12.2. The van der Waals surface area contributed by atoms with Crippen molar-refractivity contribution < 1.29 is 9.59 Å². The van der Waals surface area contributed by atoms with Crippen LogP contribution in [0.3, 0.4) is 0 Å². The van der Waals surface area contributed by atoms with Crippen LogP contribution >= 0.6 is 15.9 Å². The number of nitrogens with zero attached hydrogens (tertiary/aromatic N) is 4. The Labute approximate surface area is 151 Å². The molecule has 2 aromatic rings. The summed E-state index contributed by atoms with van der Waals surface area (Å²) < 4.78 is 3.72. The summed E-state index contributed by atoms with van der Waals surface area (Å²) in [4.78, 5) is 52.1. The van der Waals surface area contributed by atoms with Gasteiger partial charge in [0, 0.05) is 20.6 Å². The first-order chi connectivity index (χ1) is 11.6. The van der Waals surface area contributed by atoms with Crippen LogP contribution in [-0.4, -0.2) is 37.2 Å². The summed E-state index contributed by atoms with van der Waals surface area (Å²) in [5.74, 6) is -0.354. The zero-order valence-corrected chi connectivity index (χ0v) is 15.9. The summed E-state index contributed by atoms with van der Waals surface area (Å²) in [5, 5.41) is 4.76. The first-order valence-electron chi connectivity index (χ1n) is 7.53. The van der Waals surface area contributed by atoms with Crippen molar-refractivity contribution in [3.8, 4) is 0 Å². The Morgan fingerprint density at radius 1 is 1.20 bits per heavy atom.